The minimum atomic E-state index is -0.550. The van der Waals surface area contributed by atoms with Gasteiger partial charge in [0.1, 0.15) is 0 Å². The highest BCUT2D eigenvalue weighted by atomic mass is 35.5. The molecule has 1 aromatic heterocycles. The van der Waals surface area contributed by atoms with Gasteiger partial charge in [-0.15, -0.1) is 0 Å². The second-order valence-electron chi connectivity index (χ2n) is 4.89. The fourth-order valence-electron chi connectivity index (χ4n) is 2.63. The number of rotatable bonds is 3. The van der Waals surface area contributed by atoms with Crippen molar-refractivity contribution in [1.29, 1.82) is 0 Å². The fourth-order valence-corrected chi connectivity index (χ4v) is 2.81. The van der Waals surface area contributed by atoms with Gasteiger partial charge >= 0.3 is 0 Å². The van der Waals surface area contributed by atoms with Crippen LogP contribution in [0.3, 0.4) is 0 Å². The molecule has 0 bridgehead atoms. The molecule has 1 N–H and O–H groups in total. The Bertz CT molecular complexity index is 369. The molecule has 3 heteroatoms. The zero-order chi connectivity index (χ0) is 11.6. The molecule has 1 aliphatic carbocycles. The molecule has 2 rings (SSSR count). The third kappa shape index (κ3) is 2.55. The maximum absolute atomic E-state index is 10.5. The molecule has 0 saturated heterocycles. The van der Waals surface area contributed by atoms with Crippen LogP contribution in [0.4, 0.5) is 0 Å². The van der Waals surface area contributed by atoms with Gasteiger partial charge in [0.05, 0.1) is 10.6 Å². The van der Waals surface area contributed by atoms with Crippen LogP contribution in [0, 0.1) is 5.92 Å². The molecule has 1 fully saturated rings. The first kappa shape index (κ1) is 11.9. The van der Waals surface area contributed by atoms with Gasteiger partial charge in [0.25, 0.3) is 0 Å². The Labute approximate surface area is 102 Å². The summed E-state index contributed by atoms with van der Waals surface area (Å²) in [6.45, 7) is 2.19. The van der Waals surface area contributed by atoms with Crippen molar-refractivity contribution in [1.82, 2.24) is 4.98 Å². The number of hydrogen-bond donors (Lipinski definition) is 1. The number of nitrogens with zero attached hydrogens (tertiary/aromatic N) is 1. The lowest BCUT2D eigenvalue weighted by atomic mass is 9.92. The molecular formula is C13H18ClNO. The van der Waals surface area contributed by atoms with Gasteiger partial charge in [-0.05, 0) is 36.8 Å². The van der Waals surface area contributed by atoms with Crippen molar-refractivity contribution in [3.8, 4) is 0 Å². The highest BCUT2D eigenvalue weighted by Gasteiger charge is 2.36. The topological polar surface area (TPSA) is 33.1 Å². The molecule has 1 saturated carbocycles. The lowest BCUT2D eigenvalue weighted by Gasteiger charge is -2.23. The summed E-state index contributed by atoms with van der Waals surface area (Å²) in [5, 5.41) is 11.2. The lowest BCUT2D eigenvalue weighted by molar-refractivity contribution is 0.0437. The van der Waals surface area contributed by atoms with Crippen molar-refractivity contribution in [3.63, 3.8) is 0 Å². The largest absolute Gasteiger partial charge is 0.390 e. The minimum absolute atomic E-state index is 0.550. The summed E-state index contributed by atoms with van der Waals surface area (Å²) in [6.07, 6.45) is 8.13. The molecule has 2 atom stereocenters. The molecule has 0 radical (unpaired) electrons. The first-order valence-corrected chi connectivity index (χ1v) is 6.31. The summed E-state index contributed by atoms with van der Waals surface area (Å²) in [6, 6.07) is 1.90. The second kappa shape index (κ2) is 4.72. The molecule has 1 heterocycles. The summed E-state index contributed by atoms with van der Waals surface area (Å²) < 4.78 is 0. The van der Waals surface area contributed by atoms with E-state index in [1.807, 2.05) is 6.07 Å². The number of halogens is 1. The van der Waals surface area contributed by atoms with Crippen LogP contribution in [0.1, 0.15) is 38.2 Å². The number of pyridine rings is 1. The highest BCUT2D eigenvalue weighted by molar-refractivity contribution is 6.31. The van der Waals surface area contributed by atoms with Crippen LogP contribution >= 0.6 is 11.6 Å². The van der Waals surface area contributed by atoms with Crippen LogP contribution in [0.15, 0.2) is 18.5 Å². The Morgan fingerprint density at radius 3 is 3.06 bits per heavy atom. The Morgan fingerprint density at radius 1 is 1.62 bits per heavy atom. The predicted octanol–water partition coefficient (Wildman–Crippen LogP) is 3.22. The smallest absolute Gasteiger partial charge is 0.0691 e. The second-order valence-corrected chi connectivity index (χ2v) is 5.29. The summed E-state index contributed by atoms with van der Waals surface area (Å²) in [4.78, 5) is 3.96. The van der Waals surface area contributed by atoms with E-state index in [1.54, 1.807) is 12.4 Å². The Hall–Kier alpha value is -0.600. The molecule has 1 aromatic rings. The monoisotopic (exact) mass is 239 g/mol. The Kier molecular flexibility index (Phi) is 3.50. The van der Waals surface area contributed by atoms with Gasteiger partial charge < -0.3 is 5.11 Å². The van der Waals surface area contributed by atoms with E-state index in [1.165, 1.54) is 0 Å². The van der Waals surface area contributed by atoms with Crippen molar-refractivity contribution in [3.05, 3.63) is 29.0 Å². The first-order chi connectivity index (χ1) is 7.63. The van der Waals surface area contributed by atoms with Crippen molar-refractivity contribution in [2.45, 2.75) is 44.6 Å². The summed E-state index contributed by atoms with van der Waals surface area (Å²) in [5.74, 6) is 0.672. The van der Waals surface area contributed by atoms with Crippen LogP contribution < -0.4 is 0 Å². The molecule has 16 heavy (non-hydrogen) atoms. The quantitative estimate of drug-likeness (QED) is 0.879. The van der Waals surface area contributed by atoms with Crippen LogP contribution in [-0.2, 0) is 6.42 Å². The summed E-state index contributed by atoms with van der Waals surface area (Å²) in [7, 11) is 0. The molecular weight excluding hydrogens is 222 g/mol. The predicted molar refractivity (Wildman–Crippen MR) is 65.5 cm³/mol. The molecule has 0 aromatic carbocycles. The SMILES string of the molecule is CCC1CCC(O)(Cc2ccncc2Cl)C1. The van der Waals surface area contributed by atoms with Crippen molar-refractivity contribution in [2.75, 3.05) is 0 Å². The van der Waals surface area contributed by atoms with Gasteiger partial charge in [0.2, 0.25) is 0 Å². The standard InChI is InChI=1S/C13H18ClNO/c1-2-10-3-5-13(16,7-10)8-11-4-6-15-9-12(11)14/h4,6,9-10,16H,2-3,5,7-8H2,1H3. The van der Waals surface area contributed by atoms with Gasteiger partial charge in [0, 0.05) is 18.8 Å². The van der Waals surface area contributed by atoms with E-state index in [-0.39, 0.29) is 0 Å². The van der Waals surface area contributed by atoms with Gasteiger partial charge in [0.15, 0.2) is 0 Å². The van der Waals surface area contributed by atoms with Crippen molar-refractivity contribution < 1.29 is 5.11 Å². The first-order valence-electron chi connectivity index (χ1n) is 5.94. The van der Waals surface area contributed by atoms with Gasteiger partial charge in [-0.2, -0.15) is 0 Å². The van der Waals surface area contributed by atoms with Crippen molar-refractivity contribution in [2.24, 2.45) is 5.92 Å². The Morgan fingerprint density at radius 2 is 2.44 bits per heavy atom. The number of aromatic nitrogens is 1. The van der Waals surface area contributed by atoms with Crippen molar-refractivity contribution >= 4 is 11.6 Å². The van der Waals surface area contributed by atoms with Gasteiger partial charge in [-0.25, -0.2) is 0 Å². The lowest BCUT2D eigenvalue weighted by Crippen LogP contribution is -2.28. The van der Waals surface area contributed by atoms with E-state index < -0.39 is 5.60 Å². The molecule has 88 valence electrons. The van der Waals surface area contributed by atoms with Gasteiger partial charge in [-0.1, -0.05) is 24.9 Å². The zero-order valence-corrected chi connectivity index (χ0v) is 10.4. The van der Waals surface area contributed by atoms with Crippen LogP contribution in [0.5, 0.6) is 0 Å². The third-order valence-electron chi connectivity index (χ3n) is 3.64. The van der Waals surface area contributed by atoms with E-state index in [0.717, 1.165) is 31.2 Å². The average molecular weight is 240 g/mol. The van der Waals surface area contributed by atoms with Crippen LogP contribution in [0.25, 0.3) is 0 Å². The molecule has 0 amide bonds. The van der Waals surface area contributed by atoms with Crippen LogP contribution in [-0.4, -0.2) is 15.7 Å². The maximum atomic E-state index is 10.5. The molecule has 2 unspecified atom stereocenters. The van der Waals surface area contributed by atoms with E-state index in [9.17, 15) is 5.11 Å². The van der Waals surface area contributed by atoms with Crippen LogP contribution in [0.2, 0.25) is 5.02 Å². The number of aliphatic hydroxyl groups is 1. The van der Waals surface area contributed by atoms with E-state index in [4.69, 9.17) is 11.6 Å². The molecule has 2 nitrogen and oxygen atoms in total. The average Bonchev–Trinajstić information content (AvgIpc) is 2.64. The Balaban J connectivity index is 2.08. The molecule has 1 aliphatic rings. The van der Waals surface area contributed by atoms with Gasteiger partial charge in [-0.3, -0.25) is 4.98 Å². The maximum Gasteiger partial charge on any atom is 0.0691 e. The van der Waals surface area contributed by atoms with E-state index in [0.29, 0.717) is 17.4 Å². The zero-order valence-electron chi connectivity index (χ0n) is 9.62. The summed E-state index contributed by atoms with van der Waals surface area (Å²) in [5.41, 5.74) is 0.460. The summed E-state index contributed by atoms with van der Waals surface area (Å²) >= 11 is 6.06. The third-order valence-corrected chi connectivity index (χ3v) is 3.98. The molecule has 0 spiro atoms. The fraction of sp³-hybridized carbons (Fsp3) is 0.615. The number of hydrogen-bond acceptors (Lipinski definition) is 2. The minimum Gasteiger partial charge on any atom is -0.390 e. The normalized spacial score (nSPS) is 29.6. The molecule has 0 aliphatic heterocycles. The van der Waals surface area contributed by atoms with E-state index in [2.05, 4.69) is 11.9 Å². The van der Waals surface area contributed by atoms with E-state index >= 15 is 0 Å². The highest BCUT2D eigenvalue weighted by Crippen LogP contribution is 2.39.